The summed E-state index contributed by atoms with van der Waals surface area (Å²) < 4.78 is 2.96. The lowest BCUT2D eigenvalue weighted by Gasteiger charge is -2.25. The van der Waals surface area contributed by atoms with Crippen molar-refractivity contribution in [2.45, 2.75) is 5.37 Å². The normalized spacial score (nSPS) is 17.2. The van der Waals surface area contributed by atoms with Gasteiger partial charge < -0.3 is 4.57 Å². The van der Waals surface area contributed by atoms with Gasteiger partial charge in [0.05, 0.1) is 16.9 Å². The first kappa shape index (κ1) is 20.6. The van der Waals surface area contributed by atoms with Crippen LogP contribution in [0.3, 0.4) is 0 Å². The van der Waals surface area contributed by atoms with E-state index < -0.39 is 0 Å². The molecule has 158 valence electrons. The lowest BCUT2D eigenvalue weighted by molar-refractivity contribution is -0.124. The molecule has 1 aliphatic rings. The van der Waals surface area contributed by atoms with Gasteiger partial charge in [-0.15, -0.1) is 0 Å². The van der Waals surface area contributed by atoms with Crippen LogP contribution in [0.2, 0.25) is 0 Å². The number of thioether (sulfide) groups is 1. The number of nitrogens with zero attached hydrogens (tertiary/aromatic N) is 3. The summed E-state index contributed by atoms with van der Waals surface area (Å²) >= 11 is 5.01. The average molecular weight is 503 g/mol. The van der Waals surface area contributed by atoms with Gasteiger partial charge in [0.2, 0.25) is 0 Å². The lowest BCUT2D eigenvalue weighted by Crippen LogP contribution is -2.33. The van der Waals surface area contributed by atoms with Crippen LogP contribution in [0, 0.1) is 0 Å². The summed E-state index contributed by atoms with van der Waals surface area (Å²) in [4.78, 5) is 18.2. The van der Waals surface area contributed by atoms with E-state index in [0.717, 1.165) is 27.0 Å². The van der Waals surface area contributed by atoms with Gasteiger partial charge in [0, 0.05) is 22.6 Å². The number of carbonyl (C=O) groups is 1. The highest BCUT2D eigenvalue weighted by Crippen LogP contribution is 2.46. The number of hydrogen-bond donors (Lipinski definition) is 1. The van der Waals surface area contributed by atoms with Crippen LogP contribution in [-0.2, 0) is 4.79 Å². The minimum Gasteiger partial charge on any atom is -0.306 e. The number of halogens is 1. The number of rotatable bonds is 5. The van der Waals surface area contributed by atoms with Crippen molar-refractivity contribution in [3.8, 4) is 5.69 Å². The van der Waals surface area contributed by atoms with Crippen LogP contribution in [0.15, 0.2) is 107 Å². The number of nitrogens with one attached hydrogen (secondary N) is 1. The molecule has 0 radical (unpaired) electrons. The van der Waals surface area contributed by atoms with Crippen LogP contribution in [0.1, 0.15) is 16.5 Å². The van der Waals surface area contributed by atoms with E-state index in [1.165, 1.54) is 0 Å². The Balaban J connectivity index is 1.47. The molecule has 7 heteroatoms. The van der Waals surface area contributed by atoms with Gasteiger partial charge in [0.1, 0.15) is 5.37 Å². The molecule has 1 aliphatic heterocycles. The minimum absolute atomic E-state index is 0.0505. The third-order valence-corrected chi connectivity index (χ3v) is 6.86. The topological polar surface area (TPSA) is 50.2 Å². The Hall–Kier alpha value is -3.29. The summed E-state index contributed by atoms with van der Waals surface area (Å²) in [5.41, 5.74) is 7.22. The molecule has 0 saturated carbocycles. The fraction of sp³-hybridized carbons (Fsp3) is 0.0400. The van der Waals surface area contributed by atoms with Crippen molar-refractivity contribution >= 4 is 45.4 Å². The van der Waals surface area contributed by atoms with Crippen LogP contribution in [-0.4, -0.2) is 20.5 Å². The molecule has 4 aromatic rings. The third-order valence-electron chi connectivity index (χ3n) is 5.07. The molecule has 0 bridgehead atoms. The average Bonchev–Trinajstić information content (AvgIpc) is 3.46. The summed E-state index contributed by atoms with van der Waals surface area (Å²) in [6, 6.07) is 25.9. The second-order valence-corrected chi connectivity index (χ2v) is 9.28. The van der Waals surface area contributed by atoms with E-state index in [-0.39, 0.29) is 11.3 Å². The molecule has 1 N–H and O–H groups in total. The molecule has 2 heterocycles. The number of hydrazine groups is 1. The molecule has 1 unspecified atom stereocenters. The van der Waals surface area contributed by atoms with E-state index in [1.54, 1.807) is 29.3 Å². The summed E-state index contributed by atoms with van der Waals surface area (Å²) in [6.07, 6.45) is 7.37. The van der Waals surface area contributed by atoms with Crippen molar-refractivity contribution < 1.29 is 4.79 Å². The first-order chi connectivity index (χ1) is 15.7. The minimum atomic E-state index is -0.193. The largest absolute Gasteiger partial charge is 0.306 e. The zero-order valence-corrected chi connectivity index (χ0v) is 19.3. The maximum atomic E-state index is 13.4. The van der Waals surface area contributed by atoms with E-state index in [9.17, 15) is 4.79 Å². The second kappa shape index (κ2) is 9.06. The fourth-order valence-electron chi connectivity index (χ4n) is 3.46. The Bertz CT molecular complexity index is 1240. The van der Waals surface area contributed by atoms with Crippen molar-refractivity contribution in [2.75, 3.05) is 5.43 Å². The zero-order chi connectivity index (χ0) is 21.9. The molecule has 5 rings (SSSR count). The molecule has 1 aromatic heterocycles. The van der Waals surface area contributed by atoms with Crippen LogP contribution < -0.4 is 5.43 Å². The number of carbonyl (C=O) groups excluding carboxylic acids is 1. The molecule has 0 aliphatic carbocycles. The molecule has 1 atom stereocenters. The van der Waals surface area contributed by atoms with E-state index in [0.29, 0.717) is 4.91 Å². The number of amides is 1. The molecule has 3 aromatic carbocycles. The molecule has 1 saturated heterocycles. The molecule has 0 spiro atoms. The number of anilines is 1. The Morgan fingerprint density at radius 3 is 2.41 bits per heavy atom. The van der Waals surface area contributed by atoms with Gasteiger partial charge in [-0.3, -0.25) is 10.2 Å². The van der Waals surface area contributed by atoms with Gasteiger partial charge in [-0.05, 0) is 53.6 Å². The quantitative estimate of drug-likeness (QED) is 0.326. The Morgan fingerprint density at radius 2 is 1.72 bits per heavy atom. The molecule has 32 heavy (non-hydrogen) atoms. The first-order valence-electron chi connectivity index (χ1n) is 10.0. The van der Waals surface area contributed by atoms with Crippen molar-refractivity contribution in [1.82, 2.24) is 14.6 Å². The maximum absolute atomic E-state index is 13.4. The summed E-state index contributed by atoms with van der Waals surface area (Å²) in [7, 11) is 0. The van der Waals surface area contributed by atoms with Crippen molar-refractivity contribution in [3.05, 3.63) is 118 Å². The Kier molecular flexibility index (Phi) is 5.83. The van der Waals surface area contributed by atoms with Crippen LogP contribution in [0.4, 0.5) is 5.69 Å². The van der Waals surface area contributed by atoms with Gasteiger partial charge in [-0.1, -0.05) is 70.2 Å². The summed E-state index contributed by atoms with van der Waals surface area (Å²) in [5, 5.41) is 1.51. The highest BCUT2D eigenvalue weighted by atomic mass is 79.9. The number of aromatic nitrogens is 2. The summed E-state index contributed by atoms with van der Waals surface area (Å²) in [6.45, 7) is 0. The fourth-order valence-corrected chi connectivity index (χ4v) is 4.91. The van der Waals surface area contributed by atoms with Crippen LogP contribution in [0.5, 0.6) is 0 Å². The number of imidazole rings is 1. The SMILES string of the molecule is O=C1/C(=C\c2ccc(Br)cc2)SC(c2ccc(-n3ccnc3)cc2)N1Nc1ccccc1. The predicted molar refractivity (Wildman–Crippen MR) is 133 cm³/mol. The maximum Gasteiger partial charge on any atom is 0.280 e. The van der Waals surface area contributed by atoms with Gasteiger partial charge in [0.15, 0.2) is 0 Å². The number of benzene rings is 3. The molecular formula is C25H19BrN4OS. The second-order valence-electron chi connectivity index (χ2n) is 7.24. The summed E-state index contributed by atoms with van der Waals surface area (Å²) in [5.74, 6) is -0.0505. The molecule has 1 fully saturated rings. The Morgan fingerprint density at radius 1 is 0.969 bits per heavy atom. The molecule has 1 amide bonds. The smallest absolute Gasteiger partial charge is 0.280 e. The Labute approximate surface area is 198 Å². The van der Waals surface area contributed by atoms with Gasteiger partial charge >= 0.3 is 0 Å². The number of para-hydroxylation sites is 1. The number of hydrogen-bond acceptors (Lipinski definition) is 4. The van der Waals surface area contributed by atoms with E-state index in [2.05, 4.69) is 38.5 Å². The van der Waals surface area contributed by atoms with Crippen molar-refractivity contribution in [3.63, 3.8) is 0 Å². The first-order valence-corrected chi connectivity index (χ1v) is 11.7. The van der Waals surface area contributed by atoms with Gasteiger partial charge in [-0.25, -0.2) is 9.99 Å². The zero-order valence-electron chi connectivity index (χ0n) is 16.9. The van der Waals surface area contributed by atoms with Crippen molar-refractivity contribution in [2.24, 2.45) is 0 Å². The van der Waals surface area contributed by atoms with Crippen LogP contribution >= 0.6 is 27.7 Å². The highest BCUT2D eigenvalue weighted by Gasteiger charge is 2.37. The lowest BCUT2D eigenvalue weighted by atomic mass is 10.2. The van der Waals surface area contributed by atoms with Crippen LogP contribution in [0.25, 0.3) is 11.8 Å². The van der Waals surface area contributed by atoms with Crippen molar-refractivity contribution in [1.29, 1.82) is 0 Å². The van der Waals surface area contributed by atoms with Gasteiger partial charge in [0.25, 0.3) is 5.91 Å². The molecular weight excluding hydrogens is 484 g/mol. The van der Waals surface area contributed by atoms with Gasteiger partial charge in [-0.2, -0.15) is 0 Å². The standard InChI is InChI=1S/C25H19BrN4OS/c26-20-10-6-18(7-11-20)16-23-24(31)30(28-21-4-2-1-3-5-21)25(32-23)19-8-12-22(13-9-19)29-15-14-27-17-29/h1-17,25,28H/b23-16+. The highest BCUT2D eigenvalue weighted by molar-refractivity contribution is 9.10. The van der Waals surface area contributed by atoms with E-state index >= 15 is 0 Å². The van der Waals surface area contributed by atoms with E-state index in [1.807, 2.05) is 83.6 Å². The predicted octanol–water partition coefficient (Wildman–Crippen LogP) is 6.28. The molecule has 5 nitrogen and oxygen atoms in total. The van der Waals surface area contributed by atoms with E-state index in [4.69, 9.17) is 0 Å². The monoisotopic (exact) mass is 502 g/mol. The third kappa shape index (κ3) is 4.35.